The van der Waals surface area contributed by atoms with Crippen LogP contribution in [0.15, 0.2) is 47.4 Å². The fraction of sp³-hybridized carbons (Fsp3) is 0.235. The first-order valence-electron chi connectivity index (χ1n) is 7.09. The van der Waals surface area contributed by atoms with Crippen LogP contribution >= 0.6 is 35.0 Å². The van der Waals surface area contributed by atoms with Crippen molar-refractivity contribution in [2.75, 3.05) is 0 Å². The second kappa shape index (κ2) is 6.53. The Labute approximate surface area is 144 Å². The van der Waals surface area contributed by atoms with E-state index in [-0.39, 0.29) is 0 Å². The molecule has 2 nitrogen and oxygen atoms in total. The van der Waals surface area contributed by atoms with E-state index in [1.54, 1.807) is 11.8 Å². The van der Waals surface area contributed by atoms with E-state index in [1.165, 1.54) is 4.90 Å². The van der Waals surface area contributed by atoms with Crippen LogP contribution in [0.5, 0.6) is 0 Å². The van der Waals surface area contributed by atoms with Gasteiger partial charge in [-0.15, -0.1) is 11.8 Å². The van der Waals surface area contributed by atoms with Gasteiger partial charge in [0.25, 0.3) is 0 Å². The summed E-state index contributed by atoms with van der Waals surface area (Å²) in [7, 11) is 0. The Morgan fingerprint density at radius 1 is 1.05 bits per heavy atom. The number of imidazole rings is 1. The number of hydrogen-bond acceptors (Lipinski definition) is 2. The Balaban J connectivity index is 1.92. The average molecular weight is 351 g/mol. The van der Waals surface area contributed by atoms with E-state index in [1.807, 2.05) is 42.5 Å². The first-order chi connectivity index (χ1) is 10.5. The second-order valence-electron chi connectivity index (χ2n) is 5.37. The van der Waals surface area contributed by atoms with E-state index in [4.69, 9.17) is 28.2 Å². The molecule has 1 aromatic heterocycles. The van der Waals surface area contributed by atoms with Crippen LogP contribution in [0.1, 0.15) is 25.7 Å². The van der Waals surface area contributed by atoms with Gasteiger partial charge in [0.15, 0.2) is 0 Å². The molecule has 0 aliphatic carbocycles. The SMILES string of the molecule is CC(C)n1c(CSc2ccc(Cl)cc2)nc2ccc(Cl)cc21. The van der Waals surface area contributed by atoms with Crippen molar-refractivity contribution in [3.8, 4) is 0 Å². The highest BCUT2D eigenvalue weighted by Crippen LogP contribution is 2.29. The average Bonchev–Trinajstić information content (AvgIpc) is 2.84. The van der Waals surface area contributed by atoms with E-state index in [9.17, 15) is 0 Å². The molecule has 0 radical (unpaired) electrons. The van der Waals surface area contributed by atoms with E-state index in [0.717, 1.165) is 32.7 Å². The minimum atomic E-state index is 0.337. The van der Waals surface area contributed by atoms with E-state index in [2.05, 4.69) is 18.4 Å². The van der Waals surface area contributed by atoms with Crippen molar-refractivity contribution >= 4 is 46.0 Å². The van der Waals surface area contributed by atoms with Gasteiger partial charge in [-0.2, -0.15) is 0 Å². The van der Waals surface area contributed by atoms with Gasteiger partial charge in [-0.25, -0.2) is 4.98 Å². The zero-order valence-electron chi connectivity index (χ0n) is 12.4. The minimum Gasteiger partial charge on any atom is -0.325 e. The Kier molecular flexibility index (Phi) is 4.67. The number of fused-ring (bicyclic) bond motifs is 1. The van der Waals surface area contributed by atoms with E-state index < -0.39 is 0 Å². The summed E-state index contributed by atoms with van der Waals surface area (Å²) in [5.74, 6) is 1.87. The summed E-state index contributed by atoms with van der Waals surface area (Å²) < 4.78 is 2.25. The molecule has 114 valence electrons. The molecule has 0 saturated carbocycles. The van der Waals surface area contributed by atoms with Gasteiger partial charge < -0.3 is 4.57 Å². The molecule has 0 atom stereocenters. The quantitative estimate of drug-likeness (QED) is 0.520. The highest BCUT2D eigenvalue weighted by molar-refractivity contribution is 7.98. The van der Waals surface area contributed by atoms with Gasteiger partial charge in [-0.05, 0) is 56.3 Å². The number of halogens is 2. The summed E-state index contributed by atoms with van der Waals surface area (Å²) in [5.41, 5.74) is 2.08. The summed E-state index contributed by atoms with van der Waals surface area (Å²) in [6.07, 6.45) is 0. The molecule has 3 rings (SSSR count). The number of benzene rings is 2. The molecule has 3 aromatic rings. The zero-order chi connectivity index (χ0) is 15.7. The maximum absolute atomic E-state index is 6.13. The van der Waals surface area contributed by atoms with Crippen molar-refractivity contribution in [2.45, 2.75) is 30.5 Å². The number of thioether (sulfide) groups is 1. The number of rotatable bonds is 4. The summed E-state index contributed by atoms with van der Waals surface area (Å²) in [6.45, 7) is 4.33. The minimum absolute atomic E-state index is 0.337. The normalized spacial score (nSPS) is 11.5. The Morgan fingerprint density at radius 2 is 1.73 bits per heavy atom. The van der Waals surface area contributed by atoms with Crippen LogP contribution in [0.3, 0.4) is 0 Å². The predicted molar refractivity (Wildman–Crippen MR) is 96.1 cm³/mol. The van der Waals surface area contributed by atoms with Crippen molar-refractivity contribution < 1.29 is 0 Å². The predicted octanol–water partition coefficient (Wildman–Crippen LogP) is 6.22. The molecular formula is C17H16Cl2N2S. The molecule has 5 heteroatoms. The van der Waals surface area contributed by atoms with Crippen molar-refractivity contribution in [3.63, 3.8) is 0 Å². The summed E-state index contributed by atoms with van der Waals surface area (Å²) in [5, 5.41) is 1.50. The summed E-state index contributed by atoms with van der Waals surface area (Å²) >= 11 is 13.8. The molecule has 0 fully saturated rings. The van der Waals surface area contributed by atoms with Gasteiger partial charge in [0.05, 0.1) is 16.8 Å². The molecule has 0 amide bonds. The summed E-state index contributed by atoms with van der Waals surface area (Å²) in [4.78, 5) is 5.95. The number of aromatic nitrogens is 2. The lowest BCUT2D eigenvalue weighted by atomic mass is 10.3. The van der Waals surface area contributed by atoms with Gasteiger partial charge in [-0.3, -0.25) is 0 Å². The fourth-order valence-electron chi connectivity index (χ4n) is 2.47. The fourth-order valence-corrected chi connectivity index (χ4v) is 3.59. The largest absolute Gasteiger partial charge is 0.325 e. The third-order valence-electron chi connectivity index (χ3n) is 3.42. The first kappa shape index (κ1) is 15.7. The smallest absolute Gasteiger partial charge is 0.120 e. The Bertz CT molecular complexity index is 794. The van der Waals surface area contributed by atoms with Crippen molar-refractivity contribution in [1.82, 2.24) is 9.55 Å². The molecule has 0 aliphatic rings. The monoisotopic (exact) mass is 350 g/mol. The molecule has 0 bridgehead atoms. The molecule has 2 aromatic carbocycles. The molecule has 0 N–H and O–H groups in total. The highest BCUT2D eigenvalue weighted by Gasteiger charge is 2.13. The highest BCUT2D eigenvalue weighted by atomic mass is 35.5. The van der Waals surface area contributed by atoms with Crippen LogP contribution in [0.2, 0.25) is 10.0 Å². The molecular weight excluding hydrogens is 335 g/mol. The van der Waals surface area contributed by atoms with Crippen molar-refractivity contribution in [2.24, 2.45) is 0 Å². The third-order valence-corrected chi connectivity index (χ3v) is 4.92. The van der Waals surface area contributed by atoms with Gasteiger partial charge >= 0.3 is 0 Å². The number of hydrogen-bond donors (Lipinski definition) is 0. The maximum atomic E-state index is 6.13. The topological polar surface area (TPSA) is 17.8 Å². The van der Waals surface area contributed by atoms with Gasteiger partial charge in [-0.1, -0.05) is 23.2 Å². The second-order valence-corrected chi connectivity index (χ2v) is 7.29. The van der Waals surface area contributed by atoms with Crippen LogP contribution in [0.4, 0.5) is 0 Å². The van der Waals surface area contributed by atoms with Crippen molar-refractivity contribution in [1.29, 1.82) is 0 Å². The lowest BCUT2D eigenvalue weighted by Crippen LogP contribution is -2.05. The van der Waals surface area contributed by atoms with Crippen LogP contribution in [-0.4, -0.2) is 9.55 Å². The molecule has 1 heterocycles. The van der Waals surface area contributed by atoms with Gasteiger partial charge in [0.2, 0.25) is 0 Å². The molecule has 0 saturated heterocycles. The van der Waals surface area contributed by atoms with Crippen LogP contribution in [0, 0.1) is 0 Å². The standard InChI is InChI=1S/C17H16Cl2N2S/c1-11(2)21-16-9-13(19)5-8-15(16)20-17(21)10-22-14-6-3-12(18)4-7-14/h3-9,11H,10H2,1-2H3. The zero-order valence-corrected chi connectivity index (χ0v) is 14.7. The lowest BCUT2D eigenvalue weighted by molar-refractivity contribution is 0.597. The molecule has 0 aliphatic heterocycles. The first-order valence-corrected chi connectivity index (χ1v) is 8.83. The summed E-state index contributed by atoms with van der Waals surface area (Å²) in [6, 6.07) is 14.1. The Morgan fingerprint density at radius 3 is 2.41 bits per heavy atom. The maximum Gasteiger partial charge on any atom is 0.120 e. The van der Waals surface area contributed by atoms with Crippen LogP contribution < -0.4 is 0 Å². The molecule has 0 spiro atoms. The molecule has 0 unspecified atom stereocenters. The lowest BCUT2D eigenvalue weighted by Gasteiger charge is -2.13. The van der Waals surface area contributed by atoms with Gasteiger partial charge in [0, 0.05) is 21.0 Å². The molecule has 22 heavy (non-hydrogen) atoms. The van der Waals surface area contributed by atoms with Gasteiger partial charge in [0.1, 0.15) is 5.82 Å². The van der Waals surface area contributed by atoms with Crippen LogP contribution in [-0.2, 0) is 5.75 Å². The van der Waals surface area contributed by atoms with E-state index >= 15 is 0 Å². The van der Waals surface area contributed by atoms with E-state index in [0.29, 0.717) is 6.04 Å². The Hall–Kier alpha value is -1.16. The third kappa shape index (κ3) is 3.27. The number of nitrogens with zero attached hydrogens (tertiary/aromatic N) is 2. The van der Waals surface area contributed by atoms with Crippen molar-refractivity contribution in [3.05, 3.63) is 58.3 Å². The van der Waals surface area contributed by atoms with Crippen LogP contribution in [0.25, 0.3) is 11.0 Å².